The van der Waals surface area contributed by atoms with Gasteiger partial charge in [0.2, 0.25) is 0 Å². The van der Waals surface area contributed by atoms with Crippen LogP contribution in [0.2, 0.25) is 0 Å². The van der Waals surface area contributed by atoms with Crippen LogP contribution in [0.5, 0.6) is 0 Å². The minimum Gasteiger partial charge on any atom is -0.360 e. The first-order valence-corrected chi connectivity index (χ1v) is 6.91. The molecule has 0 spiro atoms. The van der Waals surface area contributed by atoms with E-state index in [1.54, 1.807) is 13.0 Å². The molecule has 0 saturated carbocycles. The molecule has 128 valence electrons. The number of nitrogens with zero attached hydrogens (tertiary/aromatic N) is 3. The molecule has 25 heavy (non-hydrogen) atoms. The maximum atomic E-state index is 13.6. The van der Waals surface area contributed by atoms with Gasteiger partial charge in [-0.3, -0.25) is 4.79 Å². The summed E-state index contributed by atoms with van der Waals surface area (Å²) in [5.41, 5.74) is -0.633. The quantitative estimate of drug-likeness (QED) is 0.703. The summed E-state index contributed by atoms with van der Waals surface area (Å²) >= 11 is 0. The van der Waals surface area contributed by atoms with Crippen molar-refractivity contribution < 1.29 is 22.5 Å². The van der Waals surface area contributed by atoms with E-state index in [0.29, 0.717) is 17.6 Å². The van der Waals surface area contributed by atoms with Gasteiger partial charge in [0.05, 0.1) is 5.69 Å². The van der Waals surface area contributed by atoms with Crippen molar-refractivity contribution in [3.05, 3.63) is 59.5 Å². The van der Waals surface area contributed by atoms with Gasteiger partial charge in [0.1, 0.15) is 23.6 Å². The van der Waals surface area contributed by atoms with Crippen LogP contribution in [0.1, 0.15) is 16.2 Å². The largest absolute Gasteiger partial charge is 0.360 e. The highest BCUT2D eigenvalue weighted by Crippen LogP contribution is 2.20. The number of amides is 1. The summed E-state index contributed by atoms with van der Waals surface area (Å²) in [6, 6.07) is 4.49. The Kier molecular flexibility index (Phi) is 4.33. The molecule has 2 aromatic heterocycles. The number of aromatic nitrogens is 3. The first kappa shape index (κ1) is 16.4. The van der Waals surface area contributed by atoms with Crippen molar-refractivity contribution >= 4 is 23.2 Å². The van der Waals surface area contributed by atoms with E-state index in [0.717, 1.165) is 12.4 Å². The lowest BCUT2D eigenvalue weighted by atomic mass is 10.2. The van der Waals surface area contributed by atoms with E-state index < -0.39 is 29.0 Å². The van der Waals surface area contributed by atoms with E-state index in [2.05, 4.69) is 25.8 Å². The summed E-state index contributed by atoms with van der Waals surface area (Å²) in [7, 11) is 0. The van der Waals surface area contributed by atoms with Crippen molar-refractivity contribution in [1.29, 1.82) is 0 Å². The van der Waals surface area contributed by atoms with E-state index in [1.807, 2.05) is 0 Å². The predicted octanol–water partition coefficient (Wildman–Crippen LogP) is 3.19. The third kappa shape index (κ3) is 3.57. The van der Waals surface area contributed by atoms with Crippen LogP contribution in [-0.2, 0) is 0 Å². The van der Waals surface area contributed by atoms with Crippen LogP contribution in [-0.4, -0.2) is 21.0 Å². The normalized spacial score (nSPS) is 10.6. The summed E-state index contributed by atoms with van der Waals surface area (Å²) in [4.78, 5) is 19.8. The highest BCUT2D eigenvalue weighted by atomic mass is 19.2. The number of carbonyl (C=O) groups is 1. The Bertz CT molecular complexity index is 945. The van der Waals surface area contributed by atoms with Crippen LogP contribution in [0.4, 0.5) is 30.5 Å². The van der Waals surface area contributed by atoms with E-state index in [9.17, 15) is 18.0 Å². The SMILES string of the molecule is Cc1cc(Nc2cc(C(=O)Nc3ccc(F)c(F)c3F)ncn2)no1. The van der Waals surface area contributed by atoms with Gasteiger partial charge in [0.15, 0.2) is 23.3 Å². The highest BCUT2D eigenvalue weighted by Gasteiger charge is 2.17. The summed E-state index contributed by atoms with van der Waals surface area (Å²) in [5.74, 6) is -4.18. The number of nitrogens with one attached hydrogen (secondary N) is 2. The lowest BCUT2D eigenvalue weighted by molar-refractivity contribution is 0.102. The van der Waals surface area contributed by atoms with Gasteiger partial charge in [-0.2, -0.15) is 0 Å². The zero-order chi connectivity index (χ0) is 18.0. The van der Waals surface area contributed by atoms with Crippen LogP contribution in [0.3, 0.4) is 0 Å². The average Bonchev–Trinajstić information content (AvgIpc) is 3.00. The summed E-state index contributed by atoms with van der Waals surface area (Å²) in [5, 5.41) is 8.62. The van der Waals surface area contributed by atoms with Gasteiger partial charge in [0, 0.05) is 12.1 Å². The van der Waals surface area contributed by atoms with Gasteiger partial charge in [-0.25, -0.2) is 23.1 Å². The number of carbonyl (C=O) groups excluding carboxylic acids is 1. The monoisotopic (exact) mass is 349 g/mol. The third-order valence-electron chi connectivity index (χ3n) is 3.07. The molecule has 2 N–H and O–H groups in total. The summed E-state index contributed by atoms with van der Waals surface area (Å²) < 4.78 is 44.6. The summed E-state index contributed by atoms with van der Waals surface area (Å²) in [6.45, 7) is 1.70. The molecular formula is C15H10F3N5O2. The minimum absolute atomic E-state index is 0.123. The second-order valence-corrected chi connectivity index (χ2v) is 4.91. The zero-order valence-corrected chi connectivity index (χ0v) is 12.7. The van der Waals surface area contributed by atoms with Crippen molar-refractivity contribution in [3.8, 4) is 0 Å². The topological polar surface area (TPSA) is 92.9 Å². The Morgan fingerprint density at radius 1 is 1.08 bits per heavy atom. The zero-order valence-electron chi connectivity index (χ0n) is 12.7. The number of benzene rings is 1. The molecule has 3 rings (SSSR count). The van der Waals surface area contributed by atoms with E-state index in [-0.39, 0.29) is 11.5 Å². The second-order valence-electron chi connectivity index (χ2n) is 4.91. The third-order valence-corrected chi connectivity index (χ3v) is 3.07. The lowest BCUT2D eigenvalue weighted by Crippen LogP contribution is -2.16. The molecule has 3 aromatic rings. The van der Waals surface area contributed by atoms with Crippen molar-refractivity contribution in [3.63, 3.8) is 0 Å². The van der Waals surface area contributed by atoms with E-state index >= 15 is 0 Å². The maximum Gasteiger partial charge on any atom is 0.274 e. The molecule has 0 unspecified atom stereocenters. The number of halogens is 3. The molecule has 2 heterocycles. The predicted molar refractivity (Wildman–Crippen MR) is 80.8 cm³/mol. The van der Waals surface area contributed by atoms with Crippen molar-refractivity contribution in [1.82, 2.24) is 15.1 Å². The molecule has 0 aliphatic heterocycles. The molecule has 0 aliphatic rings. The molecule has 7 nitrogen and oxygen atoms in total. The fourth-order valence-corrected chi connectivity index (χ4v) is 1.92. The molecular weight excluding hydrogens is 339 g/mol. The first-order valence-electron chi connectivity index (χ1n) is 6.91. The number of hydrogen-bond acceptors (Lipinski definition) is 6. The second kappa shape index (κ2) is 6.59. The molecule has 0 radical (unpaired) electrons. The van der Waals surface area contributed by atoms with Crippen LogP contribution >= 0.6 is 0 Å². The standard InChI is InChI=1S/C15H10F3N5O2/c1-7-4-12(23-25-7)22-11-5-10(19-6-20-11)15(24)21-9-3-2-8(16)13(17)14(9)18/h2-6H,1H3,(H,21,24)(H,19,20,22,23). The molecule has 1 amide bonds. The number of anilines is 3. The molecule has 0 fully saturated rings. The van der Waals surface area contributed by atoms with Crippen LogP contribution < -0.4 is 10.6 Å². The Balaban J connectivity index is 1.79. The number of rotatable bonds is 4. The van der Waals surface area contributed by atoms with E-state index in [4.69, 9.17) is 4.52 Å². The fourth-order valence-electron chi connectivity index (χ4n) is 1.92. The number of aryl methyl sites for hydroxylation is 1. The molecule has 0 aliphatic carbocycles. The molecule has 1 aromatic carbocycles. The van der Waals surface area contributed by atoms with Gasteiger partial charge < -0.3 is 15.2 Å². The van der Waals surface area contributed by atoms with Crippen LogP contribution in [0, 0.1) is 24.4 Å². The van der Waals surface area contributed by atoms with Gasteiger partial charge in [-0.1, -0.05) is 5.16 Å². The maximum absolute atomic E-state index is 13.6. The van der Waals surface area contributed by atoms with Crippen molar-refractivity contribution in [2.75, 3.05) is 10.6 Å². The van der Waals surface area contributed by atoms with Gasteiger partial charge >= 0.3 is 0 Å². The lowest BCUT2D eigenvalue weighted by Gasteiger charge is -2.07. The molecule has 10 heteroatoms. The highest BCUT2D eigenvalue weighted by molar-refractivity contribution is 6.03. The minimum atomic E-state index is -1.68. The van der Waals surface area contributed by atoms with Crippen molar-refractivity contribution in [2.24, 2.45) is 0 Å². The Hall–Kier alpha value is -3.43. The number of hydrogen-bond donors (Lipinski definition) is 2. The summed E-state index contributed by atoms with van der Waals surface area (Å²) in [6.07, 6.45) is 1.10. The van der Waals surface area contributed by atoms with E-state index in [1.165, 1.54) is 6.07 Å². The Morgan fingerprint density at radius 2 is 1.88 bits per heavy atom. The van der Waals surface area contributed by atoms with Gasteiger partial charge in [-0.15, -0.1) is 0 Å². The van der Waals surface area contributed by atoms with Crippen molar-refractivity contribution in [2.45, 2.75) is 6.92 Å². The first-order chi connectivity index (χ1) is 11.9. The van der Waals surface area contributed by atoms with Crippen LogP contribution in [0.25, 0.3) is 0 Å². The molecule has 0 bridgehead atoms. The van der Waals surface area contributed by atoms with Gasteiger partial charge in [-0.05, 0) is 19.1 Å². The molecule has 0 saturated heterocycles. The Labute approximate surface area is 138 Å². The molecule has 0 atom stereocenters. The van der Waals surface area contributed by atoms with Gasteiger partial charge in [0.25, 0.3) is 5.91 Å². The Morgan fingerprint density at radius 3 is 2.60 bits per heavy atom. The fraction of sp³-hybridized carbons (Fsp3) is 0.0667. The average molecular weight is 349 g/mol. The smallest absolute Gasteiger partial charge is 0.274 e. The van der Waals surface area contributed by atoms with Crippen LogP contribution in [0.15, 0.2) is 35.1 Å².